The van der Waals surface area contributed by atoms with Crippen LogP contribution in [0.5, 0.6) is 0 Å². The number of aromatic nitrogens is 4. The lowest BCUT2D eigenvalue weighted by Gasteiger charge is -2.35. The van der Waals surface area contributed by atoms with Gasteiger partial charge in [0.1, 0.15) is 17.9 Å². The SMILES string of the molecule is O=CCN1CCN(c2ccc(C#Cc3ccc(C4CCN(C5=Nn6c(nnc6C(F)(F)F)CC5)CC4)cc3)cn2)CC1. The average Bonchev–Trinajstić information content (AvgIpc) is 3.46. The normalized spacial score (nSPS) is 18.2. The van der Waals surface area contributed by atoms with Crippen LogP contribution in [0.2, 0.25) is 0 Å². The Morgan fingerprint density at radius 2 is 1.57 bits per heavy atom. The molecule has 218 valence electrons. The number of carbonyl (C=O) groups is 1. The van der Waals surface area contributed by atoms with E-state index in [1.807, 2.05) is 24.3 Å². The summed E-state index contributed by atoms with van der Waals surface area (Å²) in [4.78, 5) is 21.8. The lowest BCUT2D eigenvalue weighted by atomic mass is 9.89. The molecule has 0 atom stereocenters. The number of piperazine rings is 1. The fourth-order valence-corrected chi connectivity index (χ4v) is 5.73. The predicted octanol–water partition coefficient (Wildman–Crippen LogP) is 3.40. The van der Waals surface area contributed by atoms with E-state index in [2.05, 4.69) is 59.0 Å². The molecule has 0 unspecified atom stereocenters. The maximum atomic E-state index is 13.3. The third-order valence-corrected chi connectivity index (χ3v) is 8.12. The van der Waals surface area contributed by atoms with Crippen LogP contribution in [0.3, 0.4) is 0 Å². The number of amidine groups is 1. The molecule has 2 aromatic heterocycles. The van der Waals surface area contributed by atoms with Gasteiger partial charge in [0.15, 0.2) is 5.82 Å². The number of pyridine rings is 1. The first-order chi connectivity index (χ1) is 20.4. The van der Waals surface area contributed by atoms with Crippen molar-refractivity contribution in [2.45, 2.75) is 37.8 Å². The number of aldehydes is 1. The van der Waals surface area contributed by atoms with E-state index >= 15 is 0 Å². The molecule has 3 aromatic rings. The second kappa shape index (κ2) is 11.9. The Hall–Kier alpha value is -4.24. The minimum Gasteiger partial charge on any atom is -0.359 e. The Bertz CT molecular complexity index is 1490. The second-order valence-electron chi connectivity index (χ2n) is 10.8. The van der Waals surface area contributed by atoms with Gasteiger partial charge in [-0.05, 0) is 48.6 Å². The number of anilines is 1. The summed E-state index contributed by atoms with van der Waals surface area (Å²) in [6.07, 6.45) is 0.914. The van der Waals surface area contributed by atoms with E-state index in [0.717, 1.165) is 80.0 Å². The molecule has 5 heterocycles. The van der Waals surface area contributed by atoms with Gasteiger partial charge in [-0.2, -0.15) is 22.9 Å². The molecule has 3 aliphatic heterocycles. The molecule has 0 saturated carbocycles. The Morgan fingerprint density at radius 1 is 0.857 bits per heavy atom. The van der Waals surface area contributed by atoms with Crippen LogP contribution in [0.15, 0.2) is 47.7 Å². The van der Waals surface area contributed by atoms with Crippen LogP contribution >= 0.6 is 0 Å². The summed E-state index contributed by atoms with van der Waals surface area (Å²) in [5, 5.41) is 11.2. The average molecular weight is 577 g/mol. The second-order valence-corrected chi connectivity index (χ2v) is 10.8. The molecule has 0 bridgehead atoms. The van der Waals surface area contributed by atoms with Gasteiger partial charge in [0.25, 0.3) is 5.82 Å². The van der Waals surface area contributed by atoms with E-state index in [4.69, 9.17) is 0 Å². The molecule has 2 fully saturated rings. The number of carbonyl (C=O) groups excluding carboxylic acids is 1. The largest absolute Gasteiger partial charge is 0.453 e. The minimum absolute atomic E-state index is 0.249. The van der Waals surface area contributed by atoms with Gasteiger partial charge < -0.3 is 14.6 Å². The number of rotatable bonds is 4. The standard InChI is InChI=1S/C30H31F3N8O/c31-30(32,33)29-36-35-27-9-10-28(37-41(27)29)39-13-11-25(12-14-39)24-6-3-22(4-7-24)1-2-23-5-8-26(34-21-23)40-17-15-38(16-18-40)19-20-42/h3-8,20-21,25H,9-19H2. The molecule has 3 aliphatic rings. The number of fused-ring (bicyclic) bond motifs is 1. The first-order valence-corrected chi connectivity index (χ1v) is 14.2. The number of halogens is 3. The molecular weight excluding hydrogens is 545 g/mol. The maximum Gasteiger partial charge on any atom is 0.453 e. The monoisotopic (exact) mass is 576 g/mol. The zero-order chi connectivity index (χ0) is 29.1. The van der Waals surface area contributed by atoms with E-state index < -0.39 is 12.0 Å². The fourth-order valence-electron chi connectivity index (χ4n) is 5.73. The zero-order valence-corrected chi connectivity index (χ0v) is 23.1. The van der Waals surface area contributed by atoms with Gasteiger partial charge in [-0.15, -0.1) is 10.2 Å². The van der Waals surface area contributed by atoms with Gasteiger partial charge in [0, 0.05) is 69.4 Å². The number of likely N-dealkylation sites (tertiary alicyclic amines) is 1. The zero-order valence-electron chi connectivity index (χ0n) is 23.1. The number of piperidine rings is 1. The summed E-state index contributed by atoms with van der Waals surface area (Å²) in [5.74, 6) is 7.56. The van der Waals surface area contributed by atoms with Gasteiger partial charge in [-0.25, -0.2) is 4.98 Å². The van der Waals surface area contributed by atoms with Crippen LogP contribution in [0.25, 0.3) is 0 Å². The quantitative estimate of drug-likeness (QED) is 0.348. The summed E-state index contributed by atoms with van der Waals surface area (Å²) in [6.45, 7) is 5.35. The summed E-state index contributed by atoms with van der Waals surface area (Å²) >= 11 is 0. The summed E-state index contributed by atoms with van der Waals surface area (Å²) < 4.78 is 40.6. The van der Waals surface area contributed by atoms with Crippen LogP contribution in [0, 0.1) is 11.8 Å². The molecule has 0 spiro atoms. The highest BCUT2D eigenvalue weighted by Crippen LogP contribution is 2.32. The number of hydrogen-bond acceptors (Lipinski definition) is 8. The van der Waals surface area contributed by atoms with Gasteiger partial charge >= 0.3 is 6.18 Å². The first kappa shape index (κ1) is 27.9. The highest BCUT2D eigenvalue weighted by atomic mass is 19.4. The summed E-state index contributed by atoms with van der Waals surface area (Å²) in [6, 6.07) is 12.3. The third kappa shape index (κ3) is 6.16. The Balaban J connectivity index is 1.02. The van der Waals surface area contributed by atoms with Crippen molar-refractivity contribution in [1.82, 2.24) is 29.7 Å². The van der Waals surface area contributed by atoms with Crippen molar-refractivity contribution in [2.24, 2.45) is 5.10 Å². The number of benzene rings is 1. The van der Waals surface area contributed by atoms with E-state index in [-0.39, 0.29) is 5.82 Å². The number of nitrogens with zero attached hydrogens (tertiary/aromatic N) is 8. The highest BCUT2D eigenvalue weighted by Gasteiger charge is 2.40. The Kier molecular flexibility index (Phi) is 7.93. The van der Waals surface area contributed by atoms with Crippen LogP contribution in [0.1, 0.15) is 53.5 Å². The van der Waals surface area contributed by atoms with Crippen molar-refractivity contribution in [2.75, 3.05) is 50.7 Å². The number of aryl methyl sites for hydroxylation is 1. The molecule has 0 N–H and O–H groups in total. The maximum absolute atomic E-state index is 13.3. The predicted molar refractivity (Wildman–Crippen MR) is 151 cm³/mol. The minimum atomic E-state index is -4.59. The molecule has 42 heavy (non-hydrogen) atoms. The number of hydrogen-bond donors (Lipinski definition) is 0. The molecule has 0 radical (unpaired) electrons. The molecule has 1 aromatic carbocycles. The van der Waals surface area contributed by atoms with Crippen LogP contribution in [-0.2, 0) is 17.4 Å². The van der Waals surface area contributed by atoms with Crippen molar-refractivity contribution in [3.05, 3.63) is 70.9 Å². The van der Waals surface area contributed by atoms with Crippen molar-refractivity contribution < 1.29 is 18.0 Å². The van der Waals surface area contributed by atoms with Crippen LogP contribution in [-0.4, -0.2) is 87.6 Å². The molecular formula is C30H31F3N8O. The van der Waals surface area contributed by atoms with E-state index in [9.17, 15) is 18.0 Å². The van der Waals surface area contributed by atoms with Crippen molar-refractivity contribution in [3.8, 4) is 11.8 Å². The van der Waals surface area contributed by atoms with E-state index in [1.165, 1.54) is 5.56 Å². The molecule has 12 heteroatoms. The van der Waals surface area contributed by atoms with Crippen LogP contribution in [0.4, 0.5) is 19.0 Å². The molecule has 2 saturated heterocycles. The molecule has 0 aliphatic carbocycles. The van der Waals surface area contributed by atoms with Gasteiger partial charge in [-0.3, -0.25) is 4.90 Å². The number of alkyl halides is 3. The van der Waals surface area contributed by atoms with Crippen molar-refractivity contribution in [1.29, 1.82) is 0 Å². The molecule has 6 rings (SSSR count). The topological polar surface area (TPSA) is 82.8 Å². The van der Waals surface area contributed by atoms with Crippen molar-refractivity contribution in [3.63, 3.8) is 0 Å². The van der Waals surface area contributed by atoms with Crippen LogP contribution < -0.4 is 4.90 Å². The summed E-state index contributed by atoms with van der Waals surface area (Å²) in [7, 11) is 0. The van der Waals surface area contributed by atoms with Gasteiger partial charge in [0.05, 0.1) is 6.54 Å². The smallest absolute Gasteiger partial charge is 0.359 e. The lowest BCUT2D eigenvalue weighted by Crippen LogP contribution is -2.47. The van der Waals surface area contributed by atoms with E-state index in [1.54, 1.807) is 6.20 Å². The first-order valence-electron chi connectivity index (χ1n) is 14.2. The van der Waals surface area contributed by atoms with E-state index in [0.29, 0.717) is 31.1 Å². The fraction of sp³-hybridized carbons (Fsp3) is 0.433. The molecule has 0 amide bonds. The van der Waals surface area contributed by atoms with Crippen molar-refractivity contribution >= 4 is 17.9 Å². The van der Waals surface area contributed by atoms with Gasteiger partial charge in [-0.1, -0.05) is 24.0 Å². The highest BCUT2D eigenvalue weighted by molar-refractivity contribution is 5.83. The lowest BCUT2D eigenvalue weighted by molar-refractivity contribution is -0.147. The Labute approximate surface area is 242 Å². The molecule has 9 nitrogen and oxygen atoms in total. The summed E-state index contributed by atoms with van der Waals surface area (Å²) in [5.41, 5.74) is 3.01. The third-order valence-electron chi connectivity index (χ3n) is 8.12. The van der Waals surface area contributed by atoms with Gasteiger partial charge in [0.2, 0.25) is 0 Å². The Morgan fingerprint density at radius 3 is 2.24 bits per heavy atom.